The van der Waals surface area contributed by atoms with Crippen LogP contribution in [-0.2, 0) is 21.0 Å². The first-order valence-corrected chi connectivity index (χ1v) is 8.52. The number of carboxylic acid groups (broad SMARTS) is 1. The highest BCUT2D eigenvalue weighted by Gasteiger charge is 2.35. The fourth-order valence-corrected chi connectivity index (χ4v) is 3.24. The van der Waals surface area contributed by atoms with E-state index in [9.17, 15) is 36.3 Å². The van der Waals surface area contributed by atoms with Crippen molar-refractivity contribution >= 4 is 21.8 Å². The van der Waals surface area contributed by atoms with Gasteiger partial charge in [0.1, 0.15) is 0 Å². The maximum absolute atomic E-state index is 12.7. The summed E-state index contributed by atoms with van der Waals surface area (Å²) in [7, 11) is -4.69. The van der Waals surface area contributed by atoms with Gasteiger partial charge in [0, 0.05) is 5.56 Å². The number of Topliss-reactive ketones (excluding diaryl/α,β-unsaturated/α-hetero) is 1. The van der Waals surface area contributed by atoms with Crippen molar-refractivity contribution in [3.05, 3.63) is 65.7 Å². The number of alkyl halides is 3. The predicted molar refractivity (Wildman–Crippen MR) is 84.0 cm³/mol. The molecule has 0 aromatic heterocycles. The smallest absolute Gasteiger partial charge is 0.416 e. The molecule has 0 saturated heterocycles. The molecule has 0 amide bonds. The van der Waals surface area contributed by atoms with Gasteiger partial charge in [-0.15, -0.1) is 0 Å². The van der Waals surface area contributed by atoms with E-state index < -0.39 is 44.5 Å². The van der Waals surface area contributed by atoms with Crippen LogP contribution in [0.15, 0.2) is 59.5 Å². The third-order valence-corrected chi connectivity index (χ3v) is 4.73. The monoisotopic (exact) mass is 387 g/mol. The van der Waals surface area contributed by atoms with Crippen molar-refractivity contribution < 1.29 is 36.3 Å². The van der Waals surface area contributed by atoms with Crippen LogP contribution in [-0.4, -0.2) is 31.3 Å². The summed E-state index contributed by atoms with van der Waals surface area (Å²) in [6, 6.07) is 7.62. The van der Waals surface area contributed by atoms with Crippen LogP contribution in [0.4, 0.5) is 13.2 Å². The van der Waals surface area contributed by atoms with E-state index in [1.807, 2.05) is 0 Å². The minimum Gasteiger partial charge on any atom is -0.480 e. The number of aliphatic carboxylic acids is 1. The number of ketones is 1. The zero-order chi connectivity index (χ0) is 19.5. The van der Waals surface area contributed by atoms with Gasteiger partial charge >= 0.3 is 12.1 Å². The van der Waals surface area contributed by atoms with Gasteiger partial charge < -0.3 is 5.11 Å². The van der Waals surface area contributed by atoms with Gasteiger partial charge in [-0.1, -0.05) is 36.4 Å². The van der Waals surface area contributed by atoms with E-state index in [4.69, 9.17) is 0 Å². The highest BCUT2D eigenvalue weighted by atomic mass is 32.2. The van der Waals surface area contributed by atoms with E-state index in [0.717, 1.165) is 12.1 Å². The van der Waals surface area contributed by atoms with Crippen LogP contribution < -0.4 is 4.72 Å². The maximum atomic E-state index is 12.7. The van der Waals surface area contributed by atoms with E-state index in [-0.39, 0.29) is 5.56 Å². The molecule has 2 aromatic carbocycles. The highest BCUT2D eigenvalue weighted by Crippen LogP contribution is 2.30. The summed E-state index contributed by atoms with van der Waals surface area (Å²) < 4.78 is 64.4. The van der Waals surface area contributed by atoms with E-state index in [1.165, 1.54) is 24.3 Å². The lowest BCUT2D eigenvalue weighted by Gasteiger charge is -2.15. The highest BCUT2D eigenvalue weighted by molar-refractivity contribution is 7.89. The summed E-state index contributed by atoms with van der Waals surface area (Å²) in [6.07, 6.45) is -4.78. The van der Waals surface area contributed by atoms with Crippen molar-refractivity contribution in [3.63, 3.8) is 0 Å². The summed E-state index contributed by atoms with van der Waals surface area (Å²) in [4.78, 5) is 22.7. The second kappa shape index (κ2) is 7.26. The number of carbonyl (C=O) groups is 2. The average molecular weight is 387 g/mol. The van der Waals surface area contributed by atoms with Gasteiger partial charge in [-0.3, -0.25) is 4.79 Å². The van der Waals surface area contributed by atoms with E-state index in [0.29, 0.717) is 12.1 Å². The van der Waals surface area contributed by atoms with Gasteiger partial charge in [-0.05, 0) is 18.2 Å². The van der Waals surface area contributed by atoms with Gasteiger partial charge in [0.2, 0.25) is 10.0 Å². The lowest BCUT2D eigenvalue weighted by molar-refractivity contribution is -0.138. The molecule has 0 radical (unpaired) electrons. The molecule has 0 unspecified atom stereocenters. The molecule has 0 bridgehead atoms. The molecule has 6 nitrogen and oxygen atoms in total. The number of hydrogen-bond donors (Lipinski definition) is 2. The molecule has 138 valence electrons. The van der Waals surface area contributed by atoms with Gasteiger partial charge in [-0.2, -0.15) is 17.9 Å². The largest absolute Gasteiger partial charge is 0.480 e. The normalized spacial score (nSPS) is 13.2. The molecule has 0 aliphatic heterocycles. The molecule has 10 heteroatoms. The van der Waals surface area contributed by atoms with Crippen molar-refractivity contribution in [2.75, 3.05) is 0 Å². The van der Waals surface area contributed by atoms with Crippen LogP contribution in [0.2, 0.25) is 0 Å². The Morgan fingerprint density at radius 1 is 1.00 bits per heavy atom. The summed E-state index contributed by atoms with van der Waals surface area (Å²) >= 11 is 0. The quantitative estimate of drug-likeness (QED) is 0.585. The van der Waals surface area contributed by atoms with Crippen LogP contribution in [0, 0.1) is 0 Å². The van der Waals surface area contributed by atoms with Crippen molar-refractivity contribution in [3.8, 4) is 0 Å². The minimum atomic E-state index is -4.78. The van der Waals surface area contributed by atoms with Crippen molar-refractivity contribution in [2.24, 2.45) is 0 Å². The summed E-state index contributed by atoms with van der Waals surface area (Å²) in [5.41, 5.74) is -1.28. The first-order chi connectivity index (χ1) is 12.0. The Morgan fingerprint density at radius 3 is 2.15 bits per heavy atom. The molecule has 0 fully saturated rings. The van der Waals surface area contributed by atoms with E-state index in [2.05, 4.69) is 0 Å². The Bertz CT molecular complexity index is 926. The molecule has 1 atom stereocenters. The zero-order valence-electron chi connectivity index (χ0n) is 12.9. The maximum Gasteiger partial charge on any atom is 0.416 e. The number of hydrogen-bond acceptors (Lipinski definition) is 4. The van der Waals surface area contributed by atoms with Gasteiger partial charge in [0.15, 0.2) is 11.8 Å². The summed E-state index contributed by atoms with van der Waals surface area (Å²) in [5, 5.41) is 9.17. The van der Waals surface area contributed by atoms with Gasteiger partial charge in [-0.25, -0.2) is 13.2 Å². The van der Waals surface area contributed by atoms with Gasteiger partial charge in [0.05, 0.1) is 10.5 Å². The lowest BCUT2D eigenvalue weighted by Crippen LogP contribution is -2.46. The standard InChI is InChI=1S/C16H12F3NO5S/c17-16(18,19)11-7-4-8-12(9-11)26(24,25)20-13(15(22)23)14(21)10-5-2-1-3-6-10/h1-9,13,20H,(H,22,23)/t13-/m0/s1. The van der Waals surface area contributed by atoms with Crippen LogP contribution in [0.1, 0.15) is 15.9 Å². The minimum absolute atomic E-state index is 0.0633. The fraction of sp³-hybridized carbons (Fsp3) is 0.125. The second-order valence-corrected chi connectivity index (χ2v) is 6.86. The molecule has 2 rings (SSSR count). The lowest BCUT2D eigenvalue weighted by atomic mass is 10.1. The Hall–Kier alpha value is -2.72. The van der Waals surface area contributed by atoms with Crippen LogP contribution in [0.5, 0.6) is 0 Å². The average Bonchev–Trinajstić information content (AvgIpc) is 2.59. The Morgan fingerprint density at radius 2 is 1.62 bits per heavy atom. The third kappa shape index (κ3) is 4.46. The molecule has 0 aliphatic carbocycles. The third-order valence-electron chi connectivity index (χ3n) is 3.31. The second-order valence-electron chi connectivity index (χ2n) is 5.15. The van der Waals surface area contributed by atoms with Crippen LogP contribution >= 0.6 is 0 Å². The molecule has 0 aliphatic rings. The first kappa shape index (κ1) is 19.6. The fourth-order valence-electron chi connectivity index (χ4n) is 2.05. The molecular weight excluding hydrogens is 375 g/mol. The number of carboxylic acids is 1. The Labute approximate surface area is 146 Å². The number of nitrogens with one attached hydrogen (secondary N) is 1. The number of sulfonamides is 1. The molecule has 0 spiro atoms. The van der Waals surface area contributed by atoms with Crippen LogP contribution in [0.3, 0.4) is 0 Å². The molecule has 0 heterocycles. The SMILES string of the molecule is O=C(O)[C@@H](NS(=O)(=O)c1cccc(C(F)(F)F)c1)C(=O)c1ccccc1. The van der Waals surface area contributed by atoms with E-state index in [1.54, 1.807) is 10.8 Å². The number of halogens is 3. The topological polar surface area (TPSA) is 101 Å². The Kier molecular flexibility index (Phi) is 5.47. The van der Waals surface area contributed by atoms with Crippen molar-refractivity contribution in [1.82, 2.24) is 4.72 Å². The summed E-state index contributed by atoms with van der Waals surface area (Å²) in [5.74, 6) is -2.83. The van der Waals surface area contributed by atoms with Gasteiger partial charge in [0.25, 0.3) is 0 Å². The molecule has 2 aromatic rings. The molecule has 2 N–H and O–H groups in total. The molecular formula is C16H12F3NO5S. The number of rotatable bonds is 6. The van der Waals surface area contributed by atoms with E-state index >= 15 is 0 Å². The molecule has 0 saturated carbocycles. The van der Waals surface area contributed by atoms with Crippen molar-refractivity contribution in [1.29, 1.82) is 0 Å². The molecule has 26 heavy (non-hydrogen) atoms. The number of carbonyl (C=O) groups excluding carboxylic acids is 1. The number of benzene rings is 2. The zero-order valence-corrected chi connectivity index (χ0v) is 13.7. The van der Waals surface area contributed by atoms with Crippen LogP contribution in [0.25, 0.3) is 0 Å². The van der Waals surface area contributed by atoms with Crippen molar-refractivity contribution in [2.45, 2.75) is 17.1 Å². The first-order valence-electron chi connectivity index (χ1n) is 7.04. The Balaban J connectivity index is 2.37. The summed E-state index contributed by atoms with van der Waals surface area (Å²) in [6.45, 7) is 0. The predicted octanol–water partition coefficient (Wildman–Crippen LogP) is 2.32.